The number of aromatic nitrogens is 2. The molecule has 7 heteroatoms. The molecule has 0 spiro atoms. The van der Waals surface area contributed by atoms with Crippen LogP contribution in [0.15, 0.2) is 21.9 Å². The molecule has 3 rings (SSSR count). The van der Waals surface area contributed by atoms with Gasteiger partial charge in [-0.2, -0.15) is 0 Å². The average molecular weight is 336 g/mol. The summed E-state index contributed by atoms with van der Waals surface area (Å²) in [6, 6.07) is 0. The molecule has 0 radical (unpaired) electrons. The van der Waals surface area contributed by atoms with Gasteiger partial charge in [-0.15, -0.1) is 0 Å². The molecule has 24 heavy (non-hydrogen) atoms. The van der Waals surface area contributed by atoms with Gasteiger partial charge in [0.2, 0.25) is 0 Å². The molecule has 3 N–H and O–H groups in total. The molecule has 1 aromatic heterocycles. The Morgan fingerprint density at radius 3 is 2.71 bits per heavy atom. The van der Waals surface area contributed by atoms with Crippen molar-refractivity contribution >= 4 is 6.08 Å². The molecule has 1 aliphatic carbocycles. The van der Waals surface area contributed by atoms with Crippen molar-refractivity contribution in [2.45, 2.75) is 57.0 Å². The third-order valence-electron chi connectivity index (χ3n) is 4.89. The van der Waals surface area contributed by atoms with Crippen LogP contribution in [0.25, 0.3) is 6.08 Å². The Hall–Kier alpha value is -1.70. The van der Waals surface area contributed by atoms with E-state index >= 15 is 0 Å². The molecule has 132 valence electrons. The lowest BCUT2D eigenvalue weighted by Crippen LogP contribution is -2.33. The number of H-pyrrole nitrogens is 1. The molecule has 0 unspecified atom stereocenters. The number of aliphatic hydroxyl groups excluding tert-OH is 2. The van der Waals surface area contributed by atoms with Crippen LogP contribution in [0.2, 0.25) is 0 Å². The molecule has 0 aromatic carbocycles. The summed E-state index contributed by atoms with van der Waals surface area (Å²) in [5, 5.41) is 19.0. The molecule has 1 saturated carbocycles. The minimum atomic E-state index is -0.833. The van der Waals surface area contributed by atoms with Crippen LogP contribution < -0.4 is 11.2 Å². The first-order chi connectivity index (χ1) is 11.6. The highest BCUT2D eigenvalue weighted by Crippen LogP contribution is 2.28. The van der Waals surface area contributed by atoms with Gasteiger partial charge in [-0.1, -0.05) is 31.4 Å². The van der Waals surface area contributed by atoms with Crippen LogP contribution in [0, 0.1) is 5.92 Å². The number of rotatable bonds is 4. The number of ether oxygens (including phenoxy) is 1. The van der Waals surface area contributed by atoms with E-state index in [0.29, 0.717) is 11.5 Å². The van der Waals surface area contributed by atoms with Gasteiger partial charge in [0.05, 0.1) is 18.3 Å². The molecule has 7 nitrogen and oxygen atoms in total. The third-order valence-corrected chi connectivity index (χ3v) is 4.89. The lowest BCUT2D eigenvalue weighted by atomic mass is 9.89. The molecule has 0 amide bonds. The summed E-state index contributed by atoms with van der Waals surface area (Å²) >= 11 is 0. The Morgan fingerprint density at radius 2 is 2.04 bits per heavy atom. The minimum absolute atomic E-state index is 0.197. The van der Waals surface area contributed by atoms with E-state index in [0.717, 1.165) is 12.8 Å². The summed E-state index contributed by atoms with van der Waals surface area (Å²) in [6.07, 6.45) is 9.18. The van der Waals surface area contributed by atoms with E-state index in [9.17, 15) is 14.7 Å². The number of nitrogens with zero attached hydrogens (tertiary/aromatic N) is 1. The molecule has 3 atom stereocenters. The average Bonchev–Trinajstić information content (AvgIpc) is 2.95. The fourth-order valence-electron chi connectivity index (χ4n) is 3.45. The van der Waals surface area contributed by atoms with Crippen LogP contribution in [0.5, 0.6) is 0 Å². The van der Waals surface area contributed by atoms with E-state index in [1.807, 2.05) is 6.08 Å². The largest absolute Gasteiger partial charge is 0.394 e. The van der Waals surface area contributed by atoms with Gasteiger partial charge in [0.15, 0.2) is 0 Å². The van der Waals surface area contributed by atoms with Crippen molar-refractivity contribution in [2.24, 2.45) is 5.92 Å². The van der Waals surface area contributed by atoms with Crippen LogP contribution in [0.4, 0.5) is 0 Å². The SMILES string of the molecule is O=c1[nH]c(=O)n([C@H]2C[C@H](O)[C@@H](CO)O2)cc1/C=C/C1CCCCC1. The van der Waals surface area contributed by atoms with E-state index < -0.39 is 29.7 Å². The second-order valence-corrected chi connectivity index (χ2v) is 6.62. The van der Waals surface area contributed by atoms with Gasteiger partial charge < -0.3 is 14.9 Å². The molecule has 0 bridgehead atoms. The normalized spacial score (nSPS) is 28.7. The molecule has 1 saturated heterocycles. The number of hydrogen-bond acceptors (Lipinski definition) is 5. The maximum absolute atomic E-state index is 12.0. The zero-order chi connectivity index (χ0) is 17.1. The van der Waals surface area contributed by atoms with E-state index in [1.54, 1.807) is 6.08 Å². The summed E-state index contributed by atoms with van der Waals surface area (Å²) in [4.78, 5) is 26.4. The van der Waals surface area contributed by atoms with Crippen LogP contribution in [0.1, 0.15) is 50.3 Å². The predicted molar refractivity (Wildman–Crippen MR) is 88.6 cm³/mol. The quantitative estimate of drug-likeness (QED) is 0.753. The summed E-state index contributed by atoms with van der Waals surface area (Å²) in [5.74, 6) is 0.474. The zero-order valence-electron chi connectivity index (χ0n) is 13.6. The fraction of sp³-hybridized carbons (Fsp3) is 0.647. The number of allylic oxidation sites excluding steroid dienone is 1. The third kappa shape index (κ3) is 3.68. The van der Waals surface area contributed by atoms with Gasteiger partial charge in [0.1, 0.15) is 12.3 Å². The van der Waals surface area contributed by atoms with E-state index in [1.165, 1.54) is 30.0 Å². The lowest BCUT2D eigenvalue weighted by Gasteiger charge is -2.18. The molecule has 1 aliphatic heterocycles. The smallest absolute Gasteiger partial charge is 0.330 e. The summed E-state index contributed by atoms with van der Waals surface area (Å²) in [5.41, 5.74) is -0.614. The Balaban J connectivity index is 1.82. The molecule has 2 aliphatic rings. The summed E-state index contributed by atoms with van der Waals surface area (Å²) in [7, 11) is 0. The number of aliphatic hydroxyl groups is 2. The van der Waals surface area contributed by atoms with Gasteiger partial charge in [-0.25, -0.2) is 4.79 Å². The van der Waals surface area contributed by atoms with E-state index in [-0.39, 0.29) is 13.0 Å². The van der Waals surface area contributed by atoms with Crippen molar-refractivity contribution in [3.63, 3.8) is 0 Å². The second kappa shape index (κ2) is 7.46. The van der Waals surface area contributed by atoms with Gasteiger partial charge in [0, 0.05) is 12.6 Å². The minimum Gasteiger partial charge on any atom is -0.394 e. The first-order valence-corrected chi connectivity index (χ1v) is 8.56. The van der Waals surface area contributed by atoms with Crippen molar-refractivity contribution in [2.75, 3.05) is 6.61 Å². The number of hydrogen-bond donors (Lipinski definition) is 3. The fourth-order valence-corrected chi connectivity index (χ4v) is 3.45. The first kappa shape index (κ1) is 17.1. The van der Waals surface area contributed by atoms with Gasteiger partial charge in [-0.3, -0.25) is 14.3 Å². The Morgan fingerprint density at radius 1 is 1.29 bits per heavy atom. The van der Waals surface area contributed by atoms with Crippen molar-refractivity contribution in [3.8, 4) is 0 Å². The Bertz CT molecular complexity index is 702. The highest BCUT2D eigenvalue weighted by Gasteiger charge is 2.35. The first-order valence-electron chi connectivity index (χ1n) is 8.56. The number of aromatic amines is 1. The van der Waals surface area contributed by atoms with Gasteiger partial charge >= 0.3 is 5.69 Å². The molecular weight excluding hydrogens is 312 g/mol. The van der Waals surface area contributed by atoms with Crippen LogP contribution >= 0.6 is 0 Å². The molecular formula is C17H24N2O5. The molecule has 2 heterocycles. The van der Waals surface area contributed by atoms with Crippen LogP contribution in [-0.4, -0.2) is 38.6 Å². The topological polar surface area (TPSA) is 105 Å². The predicted octanol–water partition coefficient (Wildman–Crippen LogP) is 0.771. The second-order valence-electron chi connectivity index (χ2n) is 6.62. The molecule has 2 fully saturated rings. The van der Waals surface area contributed by atoms with Gasteiger partial charge in [0.25, 0.3) is 5.56 Å². The Labute approximate surface area is 139 Å². The lowest BCUT2D eigenvalue weighted by molar-refractivity contribution is -0.0459. The zero-order valence-corrected chi connectivity index (χ0v) is 13.6. The maximum atomic E-state index is 12.0. The number of nitrogens with one attached hydrogen (secondary N) is 1. The standard InChI is InChI=1S/C17H24N2O5/c20-10-14-13(21)8-15(24-14)19-9-12(16(22)18-17(19)23)7-6-11-4-2-1-3-5-11/h6-7,9,11,13-15,20-21H,1-5,8,10H2,(H,18,22,23)/b7-6+/t13-,14+,15+/m0/s1. The van der Waals surface area contributed by atoms with Gasteiger partial charge in [-0.05, 0) is 18.8 Å². The molecule has 1 aromatic rings. The summed E-state index contributed by atoms with van der Waals surface area (Å²) in [6.45, 7) is -0.315. The highest BCUT2D eigenvalue weighted by atomic mass is 16.5. The van der Waals surface area contributed by atoms with Crippen molar-refractivity contribution < 1.29 is 14.9 Å². The van der Waals surface area contributed by atoms with Crippen molar-refractivity contribution in [1.82, 2.24) is 9.55 Å². The van der Waals surface area contributed by atoms with Crippen molar-refractivity contribution in [3.05, 3.63) is 38.7 Å². The summed E-state index contributed by atoms with van der Waals surface area (Å²) < 4.78 is 6.77. The van der Waals surface area contributed by atoms with Crippen LogP contribution in [0.3, 0.4) is 0 Å². The Kier molecular flexibility index (Phi) is 5.33. The maximum Gasteiger partial charge on any atom is 0.330 e. The van der Waals surface area contributed by atoms with Crippen molar-refractivity contribution in [1.29, 1.82) is 0 Å². The van der Waals surface area contributed by atoms with E-state index in [4.69, 9.17) is 9.84 Å². The van der Waals surface area contributed by atoms with E-state index in [2.05, 4.69) is 4.98 Å². The monoisotopic (exact) mass is 336 g/mol. The van der Waals surface area contributed by atoms with Crippen LogP contribution in [-0.2, 0) is 4.74 Å². The highest BCUT2D eigenvalue weighted by molar-refractivity contribution is 5.46.